The highest BCUT2D eigenvalue weighted by molar-refractivity contribution is 6.00. The third-order valence-corrected chi connectivity index (χ3v) is 7.61. The third-order valence-electron chi connectivity index (χ3n) is 7.61. The van der Waals surface area contributed by atoms with E-state index in [0.29, 0.717) is 31.8 Å². The Bertz CT molecular complexity index is 1040. The summed E-state index contributed by atoms with van der Waals surface area (Å²) in [6.07, 6.45) is 8.52. The lowest BCUT2D eigenvalue weighted by Gasteiger charge is -2.44. The van der Waals surface area contributed by atoms with Gasteiger partial charge in [-0.2, -0.15) is 5.10 Å². The molecule has 0 unspecified atom stereocenters. The molecule has 1 aromatic heterocycles. The van der Waals surface area contributed by atoms with Crippen LogP contribution in [0, 0.1) is 0 Å². The minimum atomic E-state index is -1.01. The Morgan fingerprint density at radius 2 is 1.86 bits per heavy atom. The molecule has 1 aliphatic carbocycles. The van der Waals surface area contributed by atoms with Gasteiger partial charge in [0.05, 0.1) is 18.3 Å². The summed E-state index contributed by atoms with van der Waals surface area (Å²) in [6, 6.07) is 10.3. The number of aryl methyl sites for hydroxylation is 1. The molecular formula is C29H42N4O3. The fourth-order valence-electron chi connectivity index (χ4n) is 5.35. The summed E-state index contributed by atoms with van der Waals surface area (Å²) in [5, 5.41) is 8.09. The van der Waals surface area contributed by atoms with Gasteiger partial charge in [-0.05, 0) is 58.1 Å². The summed E-state index contributed by atoms with van der Waals surface area (Å²) >= 11 is 0. The van der Waals surface area contributed by atoms with Crippen molar-refractivity contribution in [2.45, 2.75) is 103 Å². The van der Waals surface area contributed by atoms with Crippen molar-refractivity contribution >= 4 is 11.8 Å². The minimum absolute atomic E-state index is 0.0810. The van der Waals surface area contributed by atoms with Crippen LogP contribution in [0.2, 0.25) is 0 Å². The van der Waals surface area contributed by atoms with Crippen molar-refractivity contribution in [2.75, 3.05) is 13.2 Å². The van der Waals surface area contributed by atoms with Crippen LogP contribution < -0.4 is 5.32 Å². The topological polar surface area (TPSA) is 76.5 Å². The lowest BCUT2D eigenvalue weighted by atomic mass is 9.93. The Labute approximate surface area is 215 Å². The largest absolute Gasteiger partial charge is 0.379 e. The second-order valence-electron chi connectivity index (χ2n) is 10.8. The Balaban J connectivity index is 1.60. The van der Waals surface area contributed by atoms with Gasteiger partial charge in [-0.25, -0.2) is 0 Å². The van der Waals surface area contributed by atoms with Crippen molar-refractivity contribution in [2.24, 2.45) is 0 Å². The zero-order valence-corrected chi connectivity index (χ0v) is 22.4. The fourth-order valence-corrected chi connectivity index (χ4v) is 5.35. The van der Waals surface area contributed by atoms with Crippen LogP contribution in [0.5, 0.6) is 0 Å². The number of hydrogen-bond donors (Lipinski definition) is 1. The van der Waals surface area contributed by atoms with Crippen LogP contribution in [0.3, 0.4) is 0 Å². The number of aromatic nitrogens is 2. The van der Waals surface area contributed by atoms with E-state index in [2.05, 4.69) is 36.5 Å². The number of benzene rings is 1. The van der Waals surface area contributed by atoms with E-state index >= 15 is 0 Å². The zero-order valence-electron chi connectivity index (χ0n) is 22.4. The van der Waals surface area contributed by atoms with E-state index in [9.17, 15) is 9.59 Å². The van der Waals surface area contributed by atoms with Crippen molar-refractivity contribution in [3.63, 3.8) is 0 Å². The molecule has 1 N–H and O–H groups in total. The van der Waals surface area contributed by atoms with E-state index in [4.69, 9.17) is 9.84 Å². The van der Waals surface area contributed by atoms with Gasteiger partial charge >= 0.3 is 0 Å². The highest BCUT2D eigenvalue weighted by Crippen LogP contribution is 2.31. The molecule has 7 heteroatoms. The molecule has 36 heavy (non-hydrogen) atoms. The van der Waals surface area contributed by atoms with Gasteiger partial charge in [0.25, 0.3) is 5.91 Å². The van der Waals surface area contributed by atoms with Gasteiger partial charge in [-0.1, -0.05) is 56.9 Å². The molecule has 2 aliphatic rings. The molecule has 1 aromatic carbocycles. The first kappa shape index (κ1) is 26.4. The molecule has 0 saturated heterocycles. The maximum Gasteiger partial charge on any atom is 0.273 e. The van der Waals surface area contributed by atoms with Crippen molar-refractivity contribution in [1.82, 2.24) is 20.0 Å². The maximum absolute atomic E-state index is 13.8. The van der Waals surface area contributed by atoms with Crippen molar-refractivity contribution in [3.05, 3.63) is 41.6 Å². The molecule has 1 aliphatic heterocycles. The Morgan fingerprint density at radius 1 is 1.17 bits per heavy atom. The number of nitrogens with zero attached hydrogens (tertiary/aromatic N) is 3. The van der Waals surface area contributed by atoms with Gasteiger partial charge in [0.15, 0.2) is 0 Å². The summed E-state index contributed by atoms with van der Waals surface area (Å²) in [7, 11) is 0. The van der Waals surface area contributed by atoms with Gasteiger partial charge in [-0.15, -0.1) is 0 Å². The van der Waals surface area contributed by atoms with E-state index in [1.54, 1.807) is 9.58 Å². The van der Waals surface area contributed by atoms with Crippen LogP contribution in [-0.2, 0) is 22.5 Å². The summed E-state index contributed by atoms with van der Waals surface area (Å²) in [5.41, 5.74) is 2.52. The highest BCUT2D eigenvalue weighted by atomic mass is 16.5. The van der Waals surface area contributed by atoms with Crippen LogP contribution >= 0.6 is 0 Å². The average Bonchev–Trinajstić information content (AvgIpc) is 3.11. The lowest BCUT2D eigenvalue weighted by Crippen LogP contribution is -2.65. The molecule has 2 amide bonds. The predicted octanol–water partition coefficient (Wildman–Crippen LogP) is 4.98. The molecule has 196 valence electrons. The molecule has 7 nitrogen and oxygen atoms in total. The third kappa shape index (κ3) is 5.83. The zero-order chi connectivity index (χ0) is 25.7. The number of fused-ring (bicyclic) bond motifs is 1. The molecule has 0 bridgehead atoms. The van der Waals surface area contributed by atoms with Crippen molar-refractivity contribution in [1.29, 1.82) is 0 Å². The Hall–Kier alpha value is -2.67. The van der Waals surface area contributed by atoms with E-state index in [0.717, 1.165) is 43.4 Å². The fraction of sp³-hybridized carbons (Fsp3) is 0.621. The molecule has 1 saturated carbocycles. The first-order chi connectivity index (χ1) is 17.3. The maximum atomic E-state index is 13.8. The van der Waals surface area contributed by atoms with Crippen molar-refractivity contribution < 1.29 is 14.3 Å². The summed E-state index contributed by atoms with van der Waals surface area (Å²) in [5.74, 6) is -0.226. The molecule has 2 aromatic rings. The van der Waals surface area contributed by atoms with E-state index in [-0.39, 0.29) is 24.0 Å². The van der Waals surface area contributed by atoms with Gasteiger partial charge in [0.1, 0.15) is 11.2 Å². The number of ether oxygens (including phenoxy) is 1. The number of nitrogens with one attached hydrogen (secondary N) is 1. The normalized spacial score (nSPS) is 20.9. The molecular weight excluding hydrogens is 452 g/mol. The van der Waals surface area contributed by atoms with Gasteiger partial charge in [0, 0.05) is 24.8 Å². The SMILES string of the molecule is CCc1ccc(-c2cc3n(n2)C[C@](C)(C(=O)NC2CCCCCC2)N(CCCOC(C)C)C3=O)cc1. The standard InChI is InChI=1S/C29H42N4O3/c1-5-22-13-15-23(16-14-22)25-19-26-27(34)32(17-10-18-36-21(2)3)29(4,20-33(26)31-25)28(35)30-24-11-8-6-7-9-12-24/h13-16,19,21,24H,5-12,17-18,20H2,1-4H3,(H,30,35)/t29-/m1/s1. The van der Waals surface area contributed by atoms with Crippen LogP contribution in [0.15, 0.2) is 30.3 Å². The monoisotopic (exact) mass is 494 g/mol. The molecule has 0 radical (unpaired) electrons. The highest BCUT2D eigenvalue weighted by Gasteiger charge is 2.48. The number of rotatable bonds is 9. The van der Waals surface area contributed by atoms with Crippen molar-refractivity contribution in [3.8, 4) is 11.3 Å². The van der Waals surface area contributed by atoms with Crippen LogP contribution in [0.1, 0.15) is 88.7 Å². The molecule has 4 rings (SSSR count). The van der Waals surface area contributed by atoms with E-state index in [1.165, 1.54) is 18.4 Å². The van der Waals surface area contributed by atoms with Crippen LogP contribution in [-0.4, -0.2) is 57.3 Å². The van der Waals surface area contributed by atoms with Crippen LogP contribution in [0.25, 0.3) is 11.3 Å². The first-order valence-corrected chi connectivity index (χ1v) is 13.7. The van der Waals surface area contributed by atoms with E-state index in [1.807, 2.05) is 26.8 Å². The van der Waals surface area contributed by atoms with E-state index < -0.39 is 5.54 Å². The number of carbonyl (C=O) groups excluding carboxylic acids is 2. The van der Waals surface area contributed by atoms with Gasteiger partial charge < -0.3 is 15.0 Å². The second-order valence-corrected chi connectivity index (χ2v) is 10.8. The average molecular weight is 495 g/mol. The predicted molar refractivity (Wildman–Crippen MR) is 142 cm³/mol. The Morgan fingerprint density at radius 3 is 2.50 bits per heavy atom. The Kier molecular flexibility index (Phi) is 8.50. The molecule has 2 heterocycles. The minimum Gasteiger partial charge on any atom is -0.379 e. The molecule has 1 fully saturated rings. The molecule has 1 atom stereocenters. The van der Waals surface area contributed by atoms with Crippen LogP contribution in [0.4, 0.5) is 0 Å². The summed E-state index contributed by atoms with van der Waals surface area (Å²) in [6.45, 7) is 9.38. The first-order valence-electron chi connectivity index (χ1n) is 13.7. The van der Waals surface area contributed by atoms with Gasteiger partial charge in [0.2, 0.25) is 5.91 Å². The quantitative estimate of drug-likeness (QED) is 0.394. The number of hydrogen-bond acceptors (Lipinski definition) is 4. The number of amides is 2. The summed E-state index contributed by atoms with van der Waals surface area (Å²) in [4.78, 5) is 29.3. The van der Waals surface area contributed by atoms with Gasteiger partial charge in [-0.3, -0.25) is 14.3 Å². The second kappa shape index (κ2) is 11.6. The smallest absolute Gasteiger partial charge is 0.273 e. The lowest BCUT2D eigenvalue weighted by molar-refractivity contribution is -0.134. The number of carbonyl (C=O) groups is 2. The molecule has 0 spiro atoms. The summed E-state index contributed by atoms with van der Waals surface area (Å²) < 4.78 is 7.46.